The van der Waals surface area contributed by atoms with Gasteiger partial charge in [0.15, 0.2) is 5.75 Å². The maximum Gasteiger partial charge on any atom is 0.280 e. The van der Waals surface area contributed by atoms with Crippen LogP contribution in [0.1, 0.15) is 17.7 Å². The monoisotopic (exact) mass is 193 g/mol. The number of aliphatic hydroxyl groups is 1. The highest BCUT2D eigenvalue weighted by molar-refractivity contribution is 5.32. The second kappa shape index (κ2) is 3.61. The first-order valence-electron chi connectivity index (χ1n) is 3.33. The van der Waals surface area contributed by atoms with Crippen molar-refractivity contribution >= 4 is 0 Å². The van der Waals surface area contributed by atoms with Gasteiger partial charge in [-0.1, -0.05) is 0 Å². The normalized spacial score (nSPS) is 10.8. The fraction of sp³-hybridized carbons (Fsp3) is 0.286. The summed E-state index contributed by atoms with van der Waals surface area (Å²) in [5.41, 5.74) is -1.11. The van der Waals surface area contributed by atoms with Gasteiger partial charge in [0.05, 0.1) is 6.61 Å². The molecule has 0 aliphatic heterocycles. The summed E-state index contributed by atoms with van der Waals surface area (Å²) in [4.78, 5) is 2.80. The number of aromatic nitrogens is 1. The Morgan fingerprint density at radius 2 is 2.08 bits per heavy atom. The van der Waals surface area contributed by atoms with Crippen molar-refractivity contribution in [1.29, 1.82) is 0 Å². The summed E-state index contributed by atoms with van der Waals surface area (Å²) in [6, 6.07) is 0.753. The quantitative estimate of drug-likeness (QED) is 0.697. The predicted octanol–water partition coefficient (Wildman–Crippen LogP) is 1.36. The molecule has 0 radical (unpaired) electrons. The second-order valence-corrected chi connectivity index (χ2v) is 2.30. The first-order valence-corrected chi connectivity index (χ1v) is 3.33. The number of rotatable bonds is 2. The minimum atomic E-state index is -2.93. The molecule has 0 fully saturated rings. The van der Waals surface area contributed by atoms with Gasteiger partial charge in [-0.25, -0.2) is 13.8 Å². The van der Waals surface area contributed by atoms with E-state index in [2.05, 4.69) is 4.98 Å². The average Bonchev–Trinajstić information content (AvgIpc) is 2.09. The third-order valence-corrected chi connectivity index (χ3v) is 1.44. The van der Waals surface area contributed by atoms with Crippen LogP contribution in [0.4, 0.5) is 13.2 Å². The van der Waals surface area contributed by atoms with Crippen LogP contribution < -0.4 is 0 Å². The topological polar surface area (TPSA) is 53.4 Å². The first kappa shape index (κ1) is 9.79. The van der Waals surface area contributed by atoms with E-state index in [0.29, 0.717) is 0 Å². The highest BCUT2D eigenvalue weighted by Crippen LogP contribution is 2.25. The van der Waals surface area contributed by atoms with Gasteiger partial charge in [-0.3, -0.25) is 0 Å². The van der Waals surface area contributed by atoms with Crippen molar-refractivity contribution in [2.45, 2.75) is 13.0 Å². The summed E-state index contributed by atoms with van der Waals surface area (Å²) < 4.78 is 36.6. The Bertz CT molecular complexity index is 317. The van der Waals surface area contributed by atoms with Crippen molar-refractivity contribution in [3.05, 3.63) is 23.3 Å². The van der Waals surface area contributed by atoms with Crippen molar-refractivity contribution in [3.63, 3.8) is 0 Å². The largest absolute Gasteiger partial charge is 0.503 e. The summed E-state index contributed by atoms with van der Waals surface area (Å²) >= 11 is 0. The van der Waals surface area contributed by atoms with Crippen LogP contribution in [0.15, 0.2) is 6.07 Å². The summed E-state index contributed by atoms with van der Waals surface area (Å²) in [6.45, 7) is -0.717. The average molecular weight is 193 g/mol. The second-order valence-electron chi connectivity index (χ2n) is 2.30. The smallest absolute Gasteiger partial charge is 0.280 e. The molecule has 3 nitrogen and oxygen atoms in total. The van der Waals surface area contributed by atoms with Crippen LogP contribution in [0.3, 0.4) is 0 Å². The molecule has 0 spiro atoms. The Balaban J connectivity index is 3.22. The Kier molecular flexibility index (Phi) is 2.72. The van der Waals surface area contributed by atoms with Crippen LogP contribution >= 0.6 is 0 Å². The van der Waals surface area contributed by atoms with Crippen LogP contribution in [0.5, 0.6) is 5.75 Å². The Labute approximate surface area is 71.5 Å². The molecule has 0 aliphatic rings. The van der Waals surface area contributed by atoms with E-state index in [1.54, 1.807) is 0 Å². The fourth-order valence-corrected chi connectivity index (χ4v) is 0.810. The van der Waals surface area contributed by atoms with E-state index < -0.39 is 30.4 Å². The van der Waals surface area contributed by atoms with Crippen LogP contribution in [-0.2, 0) is 6.61 Å². The molecule has 0 amide bonds. The minimum absolute atomic E-state index is 0.303. The molecule has 0 saturated heterocycles. The maximum absolute atomic E-state index is 12.6. The fourth-order valence-electron chi connectivity index (χ4n) is 0.810. The summed E-state index contributed by atoms with van der Waals surface area (Å²) in [6.07, 6.45) is -2.93. The molecule has 0 saturated carbocycles. The Morgan fingerprint density at radius 1 is 1.46 bits per heavy atom. The predicted molar refractivity (Wildman–Crippen MR) is 36.7 cm³/mol. The van der Waals surface area contributed by atoms with Crippen LogP contribution in [0.25, 0.3) is 0 Å². The van der Waals surface area contributed by atoms with Gasteiger partial charge in [0.2, 0.25) is 0 Å². The van der Waals surface area contributed by atoms with E-state index in [1.165, 1.54) is 0 Å². The van der Waals surface area contributed by atoms with Gasteiger partial charge >= 0.3 is 0 Å². The third-order valence-electron chi connectivity index (χ3n) is 1.44. The summed E-state index contributed by atoms with van der Waals surface area (Å²) in [5.74, 6) is -2.30. The number of hydrogen-bond donors (Lipinski definition) is 2. The van der Waals surface area contributed by atoms with Crippen molar-refractivity contribution in [1.82, 2.24) is 4.98 Å². The number of alkyl halides is 2. The number of nitrogens with zero attached hydrogens (tertiary/aromatic N) is 1. The zero-order chi connectivity index (χ0) is 10.0. The molecule has 1 rings (SSSR count). The number of pyridine rings is 1. The number of aliphatic hydroxyl groups excluding tert-OH is 1. The van der Waals surface area contributed by atoms with Gasteiger partial charge in [0.25, 0.3) is 12.4 Å². The molecule has 0 bridgehead atoms. The lowest BCUT2D eigenvalue weighted by Crippen LogP contribution is -1.98. The highest BCUT2D eigenvalue weighted by atomic mass is 19.3. The van der Waals surface area contributed by atoms with Crippen molar-refractivity contribution < 1.29 is 23.4 Å². The van der Waals surface area contributed by atoms with E-state index in [4.69, 9.17) is 10.2 Å². The Hall–Kier alpha value is -1.30. The van der Waals surface area contributed by atoms with Gasteiger partial charge in [-0.15, -0.1) is 0 Å². The van der Waals surface area contributed by atoms with Crippen LogP contribution in [-0.4, -0.2) is 15.2 Å². The molecule has 0 aliphatic carbocycles. The molecule has 2 N–H and O–H groups in total. The van der Waals surface area contributed by atoms with E-state index in [9.17, 15) is 13.2 Å². The van der Waals surface area contributed by atoms with Gasteiger partial charge in [-0.2, -0.15) is 4.39 Å². The maximum atomic E-state index is 12.6. The van der Waals surface area contributed by atoms with E-state index >= 15 is 0 Å². The van der Waals surface area contributed by atoms with Crippen LogP contribution in [0, 0.1) is 5.95 Å². The SMILES string of the molecule is OCc1cc(C(F)F)nc(F)c1O. The van der Waals surface area contributed by atoms with E-state index in [0.717, 1.165) is 6.07 Å². The molecule has 1 heterocycles. The molecular weight excluding hydrogens is 187 g/mol. The van der Waals surface area contributed by atoms with Crippen molar-refractivity contribution in [2.75, 3.05) is 0 Å². The lowest BCUT2D eigenvalue weighted by atomic mass is 10.2. The molecule has 1 aromatic heterocycles. The molecule has 1 aromatic rings. The molecule has 72 valence electrons. The molecule has 6 heteroatoms. The highest BCUT2D eigenvalue weighted by Gasteiger charge is 2.16. The van der Waals surface area contributed by atoms with Crippen molar-refractivity contribution in [3.8, 4) is 5.75 Å². The molecule has 0 atom stereocenters. The summed E-state index contributed by atoms with van der Waals surface area (Å²) in [5, 5.41) is 17.4. The van der Waals surface area contributed by atoms with Gasteiger partial charge in [0, 0.05) is 5.56 Å². The number of hydrogen-bond acceptors (Lipinski definition) is 3. The zero-order valence-corrected chi connectivity index (χ0v) is 6.34. The zero-order valence-electron chi connectivity index (χ0n) is 6.34. The van der Waals surface area contributed by atoms with Gasteiger partial charge < -0.3 is 10.2 Å². The Morgan fingerprint density at radius 3 is 2.54 bits per heavy atom. The third kappa shape index (κ3) is 1.89. The van der Waals surface area contributed by atoms with E-state index in [1.807, 2.05) is 0 Å². The number of aromatic hydroxyl groups is 1. The molecule has 0 aromatic carbocycles. The van der Waals surface area contributed by atoms with E-state index in [-0.39, 0.29) is 5.56 Å². The molecular formula is C7H6F3NO2. The van der Waals surface area contributed by atoms with Crippen LogP contribution in [0.2, 0.25) is 0 Å². The first-order chi connectivity index (χ1) is 6.06. The van der Waals surface area contributed by atoms with Gasteiger partial charge in [0.1, 0.15) is 5.69 Å². The minimum Gasteiger partial charge on any atom is -0.503 e. The van der Waals surface area contributed by atoms with Gasteiger partial charge in [-0.05, 0) is 6.07 Å². The standard InChI is InChI=1S/C7H6F3NO2/c8-6(9)4-1-3(2-12)5(13)7(10)11-4/h1,6,12-13H,2H2. The lowest BCUT2D eigenvalue weighted by Gasteiger charge is -2.04. The lowest BCUT2D eigenvalue weighted by molar-refractivity contribution is 0.144. The number of halogens is 3. The summed E-state index contributed by atoms with van der Waals surface area (Å²) in [7, 11) is 0. The molecule has 13 heavy (non-hydrogen) atoms. The van der Waals surface area contributed by atoms with Crippen molar-refractivity contribution in [2.24, 2.45) is 0 Å². The molecule has 0 unspecified atom stereocenters.